The van der Waals surface area contributed by atoms with Gasteiger partial charge in [-0.15, -0.1) is 26.3 Å². The van der Waals surface area contributed by atoms with Crippen LogP contribution in [0.5, 0.6) is 11.5 Å². The molecule has 2 N–H and O–H groups in total. The van der Waals surface area contributed by atoms with Crippen molar-refractivity contribution in [2.45, 2.75) is 38.2 Å². The summed E-state index contributed by atoms with van der Waals surface area (Å²) in [5.74, 6) is -6.41. The summed E-state index contributed by atoms with van der Waals surface area (Å²) in [7, 11) is 0. The molecular weight excluding hydrogens is 913 g/mol. The first kappa shape index (κ1) is 47.7. The minimum absolute atomic E-state index is 0.123. The highest BCUT2D eigenvalue weighted by molar-refractivity contribution is 6.42. The maximum atomic E-state index is 13.2. The number of halogens is 8. The number of carboxylic acids is 2. The molecule has 0 fully saturated rings. The Balaban J connectivity index is 0.000000203. The maximum absolute atomic E-state index is 13.2. The Labute approximate surface area is 380 Å². The molecule has 0 saturated heterocycles. The molecule has 0 amide bonds. The second kappa shape index (κ2) is 19.7. The van der Waals surface area contributed by atoms with Crippen molar-refractivity contribution < 1.29 is 78.7 Å². The quantitative estimate of drug-likeness (QED) is 0.0615. The summed E-state index contributed by atoms with van der Waals surface area (Å²) in [6.45, 7) is 0.768. The minimum atomic E-state index is -4.88. The van der Waals surface area contributed by atoms with Gasteiger partial charge in [-0.2, -0.15) is 0 Å². The average molecular weight is 947 g/mol. The van der Waals surface area contributed by atoms with Gasteiger partial charge in [0.1, 0.15) is 28.9 Å². The summed E-state index contributed by atoms with van der Waals surface area (Å²) in [6.07, 6.45) is -2.21. The lowest BCUT2D eigenvalue weighted by Crippen LogP contribution is -2.29. The van der Waals surface area contributed by atoms with Gasteiger partial charge in [0.15, 0.2) is 0 Å². The monoisotopic (exact) mass is 946 g/mol. The fourth-order valence-electron chi connectivity index (χ4n) is 7.44. The lowest BCUT2D eigenvalue weighted by molar-refractivity contribution is -0.275. The van der Waals surface area contributed by atoms with E-state index in [0.29, 0.717) is 59.7 Å². The first-order valence-electron chi connectivity index (χ1n) is 20.2. The van der Waals surface area contributed by atoms with Crippen molar-refractivity contribution in [2.24, 2.45) is 0 Å². The Morgan fingerprint density at radius 2 is 1.21 bits per heavy atom. The number of Topliss-reactive ketones (excluding diaryl/α,β-unsaturated/α-hetero) is 2. The number of hydrogen-bond acceptors (Lipinski definition) is 8. The maximum Gasteiger partial charge on any atom is 0.573 e. The number of benzene rings is 5. The first-order valence-corrected chi connectivity index (χ1v) is 20.2. The van der Waals surface area contributed by atoms with Gasteiger partial charge in [-0.1, -0.05) is 42.5 Å². The molecule has 1 atom stereocenters. The van der Waals surface area contributed by atoms with Crippen LogP contribution in [0.25, 0.3) is 27.7 Å². The lowest BCUT2D eigenvalue weighted by atomic mass is 9.92. The summed E-state index contributed by atoms with van der Waals surface area (Å²) in [5.41, 5.74) is 3.92. The number of aliphatic carboxylic acids is 2. The zero-order chi connectivity index (χ0) is 48.9. The van der Waals surface area contributed by atoms with E-state index in [1.54, 1.807) is 48.7 Å². The Kier molecular flexibility index (Phi) is 13.8. The molecule has 1 aliphatic carbocycles. The third-order valence-electron chi connectivity index (χ3n) is 10.5. The molecule has 0 saturated carbocycles. The van der Waals surface area contributed by atoms with Gasteiger partial charge in [-0.05, 0) is 119 Å². The summed E-state index contributed by atoms with van der Waals surface area (Å²) in [6, 6.07) is 26.3. The van der Waals surface area contributed by atoms with Crippen LogP contribution in [0.15, 0.2) is 157 Å². The summed E-state index contributed by atoms with van der Waals surface area (Å²) >= 11 is 0. The molecule has 5 aromatic carbocycles. The van der Waals surface area contributed by atoms with Gasteiger partial charge in [-0.25, -0.2) is 18.4 Å². The Morgan fingerprint density at radius 3 is 1.76 bits per heavy atom. The fourth-order valence-corrected chi connectivity index (χ4v) is 7.44. The summed E-state index contributed by atoms with van der Waals surface area (Å²) < 4.78 is 116. The zero-order valence-electron chi connectivity index (χ0n) is 34.9. The number of carboxylic acid groups (broad SMARTS) is 2. The predicted octanol–water partition coefficient (Wildman–Crippen LogP) is 10.5. The number of allylic oxidation sites excluding steroid dienone is 1. The number of ketones is 2. The molecule has 11 nitrogen and oxygen atoms in total. The van der Waals surface area contributed by atoms with E-state index in [0.717, 1.165) is 35.4 Å². The van der Waals surface area contributed by atoms with Gasteiger partial charge in [0.05, 0.1) is 29.3 Å². The van der Waals surface area contributed by atoms with E-state index in [-0.39, 0.29) is 34.2 Å². The van der Waals surface area contributed by atoms with Crippen molar-refractivity contribution in [1.29, 1.82) is 0 Å². The smallest absolute Gasteiger partial charge is 0.494 e. The van der Waals surface area contributed by atoms with Gasteiger partial charge in [0, 0.05) is 36.4 Å². The van der Waals surface area contributed by atoms with E-state index in [1.807, 2.05) is 11.0 Å². The highest BCUT2D eigenvalue weighted by Gasteiger charge is 2.37. The van der Waals surface area contributed by atoms with E-state index >= 15 is 0 Å². The van der Waals surface area contributed by atoms with Crippen molar-refractivity contribution in [3.8, 4) is 28.3 Å². The van der Waals surface area contributed by atoms with E-state index in [2.05, 4.69) is 9.47 Å². The molecule has 350 valence electrons. The highest BCUT2D eigenvalue weighted by Crippen LogP contribution is 2.37. The minimum Gasteiger partial charge on any atom is -0.494 e. The molecular formula is C49H34F8N2O9. The van der Waals surface area contributed by atoms with Crippen LogP contribution in [0.2, 0.25) is 0 Å². The number of hydrogen-bond donors (Lipinski definition) is 2. The Morgan fingerprint density at radius 1 is 0.662 bits per heavy atom. The van der Waals surface area contributed by atoms with Crippen molar-refractivity contribution in [3.63, 3.8) is 0 Å². The van der Waals surface area contributed by atoms with E-state index in [9.17, 15) is 64.5 Å². The lowest BCUT2D eigenvalue weighted by Gasteiger charge is -2.28. The summed E-state index contributed by atoms with van der Waals surface area (Å²) in [5, 5.41) is 18.7. The number of nitrogens with zero attached hydrogens (tertiary/aromatic N) is 2. The molecule has 1 aliphatic heterocycles. The van der Waals surface area contributed by atoms with Crippen LogP contribution in [0.4, 0.5) is 35.1 Å². The number of alkyl halides is 6. The Hall–Kier alpha value is -8.22. The molecule has 2 aliphatic rings. The molecule has 8 rings (SSSR count). The molecule has 1 unspecified atom stereocenters. The van der Waals surface area contributed by atoms with Gasteiger partial charge >= 0.3 is 24.7 Å². The van der Waals surface area contributed by atoms with Crippen molar-refractivity contribution in [1.82, 2.24) is 9.47 Å². The normalized spacial score (nSPS) is 14.4. The van der Waals surface area contributed by atoms with E-state index in [4.69, 9.17) is 4.74 Å². The molecule has 0 radical (unpaired) electrons. The standard InChI is InChI=1S/C25H21F2NO4.C24H13F6NO5/c26-18-5-1-16(2-6-18)11-12-32-20-9-10-23-21(13-20)22(24(29)25(30)31)15-28(23)14-17-3-7-19(27)8-4-17;25-23(26,27)35-16-6-1-13(2-7-16)14-3-10-20-18(11-14)19(21(32)22(33)34)12-31(20)15-4-8-17(9-5-15)36-24(28,29)30/h1-9,13,15,23H,10-12,14H2,(H,30,31);1-12H,(H,33,34). The van der Waals surface area contributed by atoms with Crippen LogP contribution in [0.1, 0.15) is 27.9 Å². The van der Waals surface area contributed by atoms with Gasteiger partial charge in [0.2, 0.25) is 0 Å². The highest BCUT2D eigenvalue weighted by atomic mass is 19.4. The SMILES string of the molecule is O=C(O)C(=O)C1=CN(Cc2ccc(F)cc2)C2CC=C(OCCc3ccc(F)cc3)C=C12.O=C(O)C(=O)c1cn(-c2ccc(OC(F)(F)F)cc2)c2ccc(-c3ccc(OC(F)(F)F)cc3)cc12. The molecule has 2 heterocycles. The van der Waals surface area contributed by atoms with Gasteiger partial charge in [-0.3, -0.25) is 9.59 Å². The third kappa shape index (κ3) is 11.8. The summed E-state index contributed by atoms with van der Waals surface area (Å²) in [4.78, 5) is 49.3. The van der Waals surface area contributed by atoms with Crippen LogP contribution >= 0.6 is 0 Å². The molecule has 1 aromatic heterocycles. The van der Waals surface area contributed by atoms with E-state index < -0.39 is 47.7 Å². The zero-order valence-corrected chi connectivity index (χ0v) is 34.9. The number of aromatic nitrogens is 1. The first-order chi connectivity index (χ1) is 32.2. The predicted molar refractivity (Wildman–Crippen MR) is 227 cm³/mol. The number of carbonyl (C=O) groups is 4. The molecule has 19 heteroatoms. The van der Waals surface area contributed by atoms with Crippen molar-refractivity contribution >= 4 is 34.4 Å². The van der Waals surface area contributed by atoms with Crippen molar-refractivity contribution in [2.75, 3.05) is 6.61 Å². The second-order valence-electron chi connectivity index (χ2n) is 15.1. The molecule has 68 heavy (non-hydrogen) atoms. The van der Waals surface area contributed by atoms with Crippen LogP contribution in [0, 0.1) is 11.6 Å². The number of ether oxygens (including phenoxy) is 3. The molecule has 6 aromatic rings. The van der Waals surface area contributed by atoms with Crippen LogP contribution in [-0.2, 0) is 32.1 Å². The van der Waals surface area contributed by atoms with Gasteiger partial charge < -0.3 is 33.9 Å². The number of fused-ring (bicyclic) bond motifs is 2. The molecule has 0 bridgehead atoms. The third-order valence-corrected chi connectivity index (χ3v) is 10.5. The fraction of sp³-hybridized carbons (Fsp3) is 0.143. The van der Waals surface area contributed by atoms with Gasteiger partial charge in [0.25, 0.3) is 11.6 Å². The van der Waals surface area contributed by atoms with Crippen molar-refractivity contribution in [3.05, 3.63) is 185 Å². The number of rotatable bonds is 14. The molecule has 0 spiro atoms. The van der Waals surface area contributed by atoms with Crippen LogP contribution < -0.4 is 9.47 Å². The van der Waals surface area contributed by atoms with E-state index in [1.165, 1.54) is 65.4 Å². The topological polar surface area (TPSA) is 145 Å². The average Bonchev–Trinajstić information content (AvgIpc) is 3.84. The number of carbonyl (C=O) groups excluding carboxylic acids is 2. The van der Waals surface area contributed by atoms with Crippen LogP contribution in [-0.4, -0.2) is 68.6 Å². The Bertz CT molecular complexity index is 2960. The largest absolute Gasteiger partial charge is 0.573 e. The second-order valence-corrected chi connectivity index (χ2v) is 15.1. The van der Waals surface area contributed by atoms with Crippen LogP contribution in [0.3, 0.4) is 0 Å².